The van der Waals surface area contributed by atoms with Gasteiger partial charge in [0.15, 0.2) is 0 Å². The van der Waals surface area contributed by atoms with Gasteiger partial charge < -0.3 is 4.90 Å². The van der Waals surface area contributed by atoms with Crippen molar-refractivity contribution in [2.45, 2.75) is 27.2 Å². The lowest BCUT2D eigenvalue weighted by molar-refractivity contribution is 0.263. The van der Waals surface area contributed by atoms with Crippen LogP contribution in [0.5, 0.6) is 0 Å². The number of hydrogen-bond acceptors (Lipinski definition) is 2. The molecule has 2 aromatic rings. The predicted molar refractivity (Wildman–Crippen MR) is 88.4 cm³/mol. The number of hydrogen-bond donors (Lipinski definition) is 0. The van der Waals surface area contributed by atoms with Gasteiger partial charge in [0.25, 0.3) is 0 Å². The summed E-state index contributed by atoms with van der Waals surface area (Å²) >= 11 is 0. The van der Waals surface area contributed by atoms with Crippen LogP contribution in [-0.2, 0) is 0 Å². The molecule has 0 aromatic heterocycles. The molecule has 1 aliphatic heterocycles. The van der Waals surface area contributed by atoms with Crippen LogP contribution in [0.3, 0.4) is 0 Å². The van der Waals surface area contributed by atoms with Gasteiger partial charge in [-0.1, -0.05) is 45.0 Å². The molecule has 21 heavy (non-hydrogen) atoms. The summed E-state index contributed by atoms with van der Waals surface area (Å²) in [6.45, 7) is 9.21. The molecule has 0 aliphatic carbocycles. The molecule has 0 amide bonds. The fraction of sp³-hybridized carbons (Fsp3) is 0.421. The molecule has 1 aliphatic rings. The highest BCUT2D eigenvalue weighted by Gasteiger charge is 2.32. The second-order valence-electron chi connectivity index (χ2n) is 7.09. The molecule has 2 aromatic carbocycles. The van der Waals surface area contributed by atoms with Crippen LogP contribution in [0.1, 0.15) is 32.8 Å². The van der Waals surface area contributed by atoms with Gasteiger partial charge in [-0.3, -0.25) is 0 Å². The largest absolute Gasteiger partial charge is 0.371 e. The molecule has 0 bridgehead atoms. The van der Waals surface area contributed by atoms with E-state index in [1.165, 1.54) is 17.5 Å². The highest BCUT2D eigenvalue weighted by molar-refractivity contribution is 5.97. The lowest BCUT2D eigenvalue weighted by atomic mass is 9.80. The molecule has 0 N–H and O–H groups in total. The molecule has 2 heteroatoms. The van der Waals surface area contributed by atoms with E-state index in [0.29, 0.717) is 5.41 Å². The monoisotopic (exact) mass is 278 g/mol. The summed E-state index contributed by atoms with van der Waals surface area (Å²) in [6, 6.07) is 14.6. The van der Waals surface area contributed by atoms with Crippen molar-refractivity contribution < 1.29 is 0 Å². The first-order chi connectivity index (χ1) is 10.0. The van der Waals surface area contributed by atoms with Crippen molar-refractivity contribution in [2.75, 3.05) is 18.0 Å². The van der Waals surface area contributed by atoms with Crippen molar-refractivity contribution in [3.8, 4) is 6.07 Å². The van der Waals surface area contributed by atoms with E-state index in [4.69, 9.17) is 0 Å². The van der Waals surface area contributed by atoms with Gasteiger partial charge in [-0.2, -0.15) is 5.26 Å². The first-order valence-corrected chi connectivity index (χ1v) is 7.67. The number of rotatable bonds is 1. The van der Waals surface area contributed by atoms with Crippen molar-refractivity contribution in [1.82, 2.24) is 0 Å². The van der Waals surface area contributed by atoms with E-state index >= 15 is 0 Å². The van der Waals surface area contributed by atoms with Crippen LogP contribution >= 0.6 is 0 Å². The van der Waals surface area contributed by atoms with E-state index in [1.54, 1.807) is 0 Å². The molecule has 0 spiro atoms. The molecule has 1 fully saturated rings. The van der Waals surface area contributed by atoms with E-state index in [1.807, 2.05) is 12.1 Å². The lowest BCUT2D eigenvalue weighted by Crippen LogP contribution is -2.25. The van der Waals surface area contributed by atoms with Crippen LogP contribution in [-0.4, -0.2) is 13.1 Å². The zero-order valence-electron chi connectivity index (χ0n) is 13.1. The van der Waals surface area contributed by atoms with Gasteiger partial charge in [0.2, 0.25) is 0 Å². The summed E-state index contributed by atoms with van der Waals surface area (Å²) in [4.78, 5) is 2.49. The summed E-state index contributed by atoms with van der Waals surface area (Å²) < 4.78 is 0. The molecule has 1 heterocycles. The van der Waals surface area contributed by atoms with Crippen LogP contribution in [0, 0.1) is 22.7 Å². The molecule has 0 saturated carbocycles. The molecule has 0 radical (unpaired) electrons. The molecule has 108 valence electrons. The van der Waals surface area contributed by atoms with Crippen LogP contribution < -0.4 is 4.90 Å². The molecular weight excluding hydrogens is 256 g/mol. The van der Waals surface area contributed by atoms with Crippen molar-refractivity contribution in [3.63, 3.8) is 0 Å². The van der Waals surface area contributed by atoms with Crippen LogP contribution in [0.25, 0.3) is 10.8 Å². The predicted octanol–water partition coefficient (Wildman–Crippen LogP) is 4.58. The van der Waals surface area contributed by atoms with E-state index in [2.05, 4.69) is 56.0 Å². The number of fused-ring (bicyclic) bond motifs is 1. The van der Waals surface area contributed by atoms with Crippen molar-refractivity contribution in [1.29, 1.82) is 5.26 Å². The maximum absolute atomic E-state index is 9.28. The van der Waals surface area contributed by atoms with Crippen LogP contribution in [0.4, 0.5) is 5.69 Å². The Morgan fingerprint density at radius 3 is 2.43 bits per heavy atom. The minimum atomic E-state index is 0.358. The second kappa shape index (κ2) is 5.07. The highest BCUT2D eigenvalue weighted by Crippen LogP contribution is 2.38. The summed E-state index contributed by atoms with van der Waals surface area (Å²) in [5.74, 6) is 0.729. The summed E-state index contributed by atoms with van der Waals surface area (Å²) in [6.07, 6.45) is 1.25. The van der Waals surface area contributed by atoms with Crippen LogP contribution in [0.2, 0.25) is 0 Å². The van der Waals surface area contributed by atoms with Gasteiger partial charge in [-0.25, -0.2) is 0 Å². The Labute approximate surface area is 127 Å². The topological polar surface area (TPSA) is 27.0 Å². The third-order valence-electron chi connectivity index (χ3n) is 4.78. The van der Waals surface area contributed by atoms with E-state index in [-0.39, 0.29) is 0 Å². The Hall–Kier alpha value is -2.01. The molecule has 1 atom stereocenters. The zero-order chi connectivity index (χ0) is 15.0. The lowest BCUT2D eigenvalue weighted by Gasteiger charge is -2.28. The normalized spacial score (nSPS) is 19.0. The fourth-order valence-corrected chi connectivity index (χ4v) is 3.34. The van der Waals surface area contributed by atoms with Gasteiger partial charge >= 0.3 is 0 Å². The second-order valence-corrected chi connectivity index (χ2v) is 7.09. The van der Waals surface area contributed by atoms with E-state index < -0.39 is 0 Å². The summed E-state index contributed by atoms with van der Waals surface area (Å²) in [5, 5.41) is 11.5. The maximum Gasteiger partial charge on any atom is 0.0998 e. The van der Waals surface area contributed by atoms with Gasteiger partial charge in [0.1, 0.15) is 0 Å². The van der Waals surface area contributed by atoms with Crippen LogP contribution in [0.15, 0.2) is 36.4 Å². The Morgan fingerprint density at radius 2 is 1.81 bits per heavy atom. The average Bonchev–Trinajstić information content (AvgIpc) is 2.96. The summed E-state index contributed by atoms with van der Waals surface area (Å²) in [5.41, 5.74) is 2.40. The third-order valence-corrected chi connectivity index (χ3v) is 4.78. The SMILES string of the molecule is CC(C)(C)C1CCN(c2ccc(C#N)c3ccccc23)C1. The zero-order valence-corrected chi connectivity index (χ0v) is 13.1. The van der Waals surface area contributed by atoms with E-state index in [0.717, 1.165) is 30.0 Å². The average molecular weight is 278 g/mol. The van der Waals surface area contributed by atoms with Crippen molar-refractivity contribution in [2.24, 2.45) is 11.3 Å². The fourth-order valence-electron chi connectivity index (χ4n) is 3.34. The molecule has 3 rings (SSSR count). The van der Waals surface area contributed by atoms with Gasteiger partial charge in [-0.05, 0) is 29.9 Å². The van der Waals surface area contributed by atoms with Gasteiger partial charge in [0.05, 0.1) is 11.6 Å². The highest BCUT2D eigenvalue weighted by atomic mass is 15.2. The Bertz CT molecular complexity index is 704. The number of nitriles is 1. The number of anilines is 1. The Kier molecular flexibility index (Phi) is 3.37. The smallest absolute Gasteiger partial charge is 0.0998 e. The Morgan fingerprint density at radius 1 is 1.10 bits per heavy atom. The molecule has 1 unspecified atom stereocenters. The van der Waals surface area contributed by atoms with Gasteiger partial charge in [0, 0.05) is 29.5 Å². The van der Waals surface area contributed by atoms with Crippen molar-refractivity contribution in [3.05, 3.63) is 42.0 Å². The maximum atomic E-state index is 9.28. The van der Waals surface area contributed by atoms with Crippen molar-refractivity contribution >= 4 is 16.5 Å². The quantitative estimate of drug-likeness (QED) is 0.763. The minimum absolute atomic E-state index is 0.358. The first kappa shape index (κ1) is 13.9. The number of benzene rings is 2. The Balaban J connectivity index is 2.02. The molecular formula is C19H22N2. The molecule has 2 nitrogen and oxygen atoms in total. The first-order valence-electron chi connectivity index (χ1n) is 7.67. The van der Waals surface area contributed by atoms with Gasteiger partial charge in [-0.15, -0.1) is 0 Å². The molecule has 1 saturated heterocycles. The minimum Gasteiger partial charge on any atom is -0.371 e. The van der Waals surface area contributed by atoms with E-state index in [9.17, 15) is 5.26 Å². The summed E-state index contributed by atoms with van der Waals surface area (Å²) in [7, 11) is 0. The standard InChI is InChI=1S/C19H22N2/c1-19(2,3)15-10-11-21(13-15)18-9-8-14(12-20)16-6-4-5-7-17(16)18/h4-9,15H,10-11,13H2,1-3H3. The third kappa shape index (κ3) is 2.49. The number of nitrogens with zero attached hydrogens (tertiary/aromatic N) is 2.